The highest BCUT2D eigenvalue weighted by Gasteiger charge is 2.34. The van der Waals surface area contributed by atoms with E-state index in [-0.39, 0.29) is 35.9 Å². The van der Waals surface area contributed by atoms with E-state index in [0.29, 0.717) is 17.8 Å². The van der Waals surface area contributed by atoms with Gasteiger partial charge in [0.15, 0.2) is 0 Å². The summed E-state index contributed by atoms with van der Waals surface area (Å²) in [5, 5.41) is 9.90. The molecule has 1 aromatic carbocycles. The molecule has 9 heteroatoms. The summed E-state index contributed by atoms with van der Waals surface area (Å²) in [5.74, 6) is -0.141. The third-order valence-corrected chi connectivity index (χ3v) is 6.12. The minimum absolute atomic E-state index is 0.0370. The molecule has 32 heavy (non-hydrogen) atoms. The lowest BCUT2D eigenvalue weighted by Crippen LogP contribution is -2.38. The quantitative estimate of drug-likeness (QED) is 0.624. The van der Waals surface area contributed by atoms with Gasteiger partial charge in [-0.25, -0.2) is 4.68 Å². The van der Waals surface area contributed by atoms with E-state index >= 15 is 0 Å². The molecule has 0 spiro atoms. The van der Waals surface area contributed by atoms with Crippen LogP contribution in [-0.4, -0.2) is 34.7 Å². The second kappa shape index (κ2) is 9.34. The predicted molar refractivity (Wildman–Crippen MR) is 112 cm³/mol. The van der Waals surface area contributed by atoms with Crippen LogP contribution in [0.1, 0.15) is 72.5 Å². The van der Waals surface area contributed by atoms with Gasteiger partial charge >= 0.3 is 6.18 Å². The fourth-order valence-electron chi connectivity index (χ4n) is 4.27. The lowest BCUT2D eigenvalue weighted by atomic mass is 9.89. The third kappa shape index (κ3) is 5.14. The van der Waals surface area contributed by atoms with Crippen LogP contribution >= 0.6 is 0 Å². The number of amides is 2. The van der Waals surface area contributed by atoms with Crippen molar-refractivity contribution in [3.8, 4) is 5.69 Å². The van der Waals surface area contributed by atoms with Crippen molar-refractivity contribution in [1.29, 1.82) is 0 Å². The van der Waals surface area contributed by atoms with E-state index in [2.05, 4.69) is 15.7 Å². The second-order valence-electron chi connectivity index (χ2n) is 8.56. The molecule has 0 bridgehead atoms. The molecule has 2 saturated carbocycles. The van der Waals surface area contributed by atoms with E-state index in [1.54, 1.807) is 6.07 Å². The number of carbonyl (C=O) groups excluding carboxylic acids is 2. The Balaban J connectivity index is 1.40. The summed E-state index contributed by atoms with van der Waals surface area (Å²) < 4.78 is 40.8. The highest BCUT2D eigenvalue weighted by Crippen LogP contribution is 2.42. The van der Waals surface area contributed by atoms with Crippen molar-refractivity contribution >= 4 is 11.8 Å². The lowest BCUT2D eigenvalue weighted by Gasteiger charge is -2.20. The van der Waals surface area contributed by atoms with Crippen LogP contribution < -0.4 is 10.6 Å². The highest BCUT2D eigenvalue weighted by molar-refractivity contribution is 5.95. The summed E-state index contributed by atoms with van der Waals surface area (Å²) in [7, 11) is 0. The second-order valence-corrected chi connectivity index (χ2v) is 8.56. The Morgan fingerprint density at radius 1 is 1.03 bits per heavy atom. The molecule has 2 aromatic rings. The van der Waals surface area contributed by atoms with Crippen molar-refractivity contribution in [2.24, 2.45) is 5.92 Å². The molecule has 172 valence electrons. The number of nitrogens with one attached hydrogen (secondary N) is 2. The van der Waals surface area contributed by atoms with E-state index in [4.69, 9.17) is 0 Å². The monoisotopic (exact) mass is 448 g/mol. The lowest BCUT2D eigenvalue weighted by molar-refractivity contribution is -0.137. The van der Waals surface area contributed by atoms with Crippen molar-refractivity contribution in [3.63, 3.8) is 0 Å². The fraction of sp³-hybridized carbons (Fsp3) is 0.522. The van der Waals surface area contributed by atoms with Crippen LogP contribution in [0.4, 0.5) is 13.2 Å². The molecule has 0 radical (unpaired) electrons. The van der Waals surface area contributed by atoms with E-state index in [1.807, 2.05) is 0 Å². The minimum Gasteiger partial charge on any atom is -0.354 e. The number of benzene rings is 1. The molecule has 2 N–H and O–H groups in total. The van der Waals surface area contributed by atoms with E-state index in [0.717, 1.165) is 50.7 Å². The Morgan fingerprint density at radius 2 is 1.75 bits per heavy atom. The summed E-state index contributed by atoms with van der Waals surface area (Å²) in [4.78, 5) is 25.0. The number of nitrogens with zero attached hydrogens (tertiary/aromatic N) is 2. The standard InChI is InChI=1S/C23H27F3N4O2/c24-23(25,26)17-7-4-8-18(13-17)30-20(15-9-10-15)19(14-29-30)22(32)28-12-11-27-21(31)16-5-2-1-3-6-16/h4,7-8,13-16H,1-3,5-6,9-12H2,(H,27,31)(H,28,32). The maximum Gasteiger partial charge on any atom is 0.416 e. The highest BCUT2D eigenvalue weighted by atomic mass is 19.4. The molecule has 1 aromatic heterocycles. The molecular weight excluding hydrogens is 421 g/mol. The van der Waals surface area contributed by atoms with Crippen molar-refractivity contribution in [1.82, 2.24) is 20.4 Å². The van der Waals surface area contributed by atoms with E-state index in [9.17, 15) is 22.8 Å². The zero-order valence-corrected chi connectivity index (χ0v) is 17.8. The Morgan fingerprint density at radius 3 is 2.44 bits per heavy atom. The molecule has 0 saturated heterocycles. The Hall–Kier alpha value is -2.84. The van der Waals surface area contributed by atoms with Crippen LogP contribution in [0.3, 0.4) is 0 Å². The van der Waals surface area contributed by atoms with Gasteiger partial charge < -0.3 is 10.6 Å². The maximum atomic E-state index is 13.1. The first-order chi connectivity index (χ1) is 15.3. The van der Waals surface area contributed by atoms with Crippen molar-refractivity contribution in [3.05, 3.63) is 47.3 Å². The largest absolute Gasteiger partial charge is 0.416 e. The summed E-state index contributed by atoms with van der Waals surface area (Å²) in [6.07, 6.45) is 3.84. The molecule has 2 amide bonds. The number of alkyl halides is 3. The van der Waals surface area contributed by atoms with Crippen LogP contribution in [0.15, 0.2) is 30.5 Å². The first-order valence-electron chi connectivity index (χ1n) is 11.2. The summed E-state index contributed by atoms with van der Waals surface area (Å²) in [6, 6.07) is 4.95. The van der Waals surface area contributed by atoms with Gasteiger partial charge in [0.1, 0.15) is 0 Å². The molecule has 0 aliphatic heterocycles. The molecule has 2 fully saturated rings. The summed E-state index contributed by atoms with van der Waals surface area (Å²) in [5.41, 5.74) is 0.518. The van der Waals surface area contributed by atoms with Gasteiger partial charge in [-0.15, -0.1) is 0 Å². The molecule has 0 unspecified atom stereocenters. The third-order valence-electron chi connectivity index (χ3n) is 6.12. The normalized spacial score (nSPS) is 17.2. The number of rotatable bonds is 7. The van der Waals surface area contributed by atoms with Gasteiger partial charge in [-0.2, -0.15) is 18.3 Å². The van der Waals surface area contributed by atoms with Crippen LogP contribution in [0.2, 0.25) is 0 Å². The predicted octanol–water partition coefficient (Wildman–Crippen LogP) is 4.19. The first kappa shape index (κ1) is 22.4. The molecular formula is C23H27F3N4O2. The molecule has 4 rings (SSSR count). The smallest absolute Gasteiger partial charge is 0.354 e. The fourth-order valence-corrected chi connectivity index (χ4v) is 4.27. The van der Waals surface area contributed by atoms with Crippen LogP contribution in [-0.2, 0) is 11.0 Å². The summed E-state index contributed by atoms with van der Waals surface area (Å²) >= 11 is 0. The number of aromatic nitrogens is 2. The molecule has 6 nitrogen and oxygen atoms in total. The van der Waals surface area contributed by atoms with Gasteiger partial charge in [-0.1, -0.05) is 25.3 Å². The number of hydrogen-bond acceptors (Lipinski definition) is 3. The molecule has 2 aliphatic carbocycles. The van der Waals surface area contributed by atoms with Gasteiger partial charge in [0.25, 0.3) is 5.91 Å². The zero-order valence-electron chi connectivity index (χ0n) is 17.8. The maximum absolute atomic E-state index is 13.1. The van der Waals surface area contributed by atoms with E-state index in [1.165, 1.54) is 23.4 Å². The Labute approximate surface area is 184 Å². The topological polar surface area (TPSA) is 76.0 Å². The SMILES string of the molecule is O=C(NCCNC(=O)C1CCCCC1)c1cnn(-c2cccc(C(F)(F)F)c2)c1C1CC1. The van der Waals surface area contributed by atoms with Crippen molar-refractivity contribution < 1.29 is 22.8 Å². The first-order valence-corrected chi connectivity index (χ1v) is 11.2. The van der Waals surface area contributed by atoms with Crippen molar-refractivity contribution in [2.75, 3.05) is 13.1 Å². The van der Waals surface area contributed by atoms with Crippen molar-refractivity contribution in [2.45, 2.75) is 57.0 Å². The summed E-state index contributed by atoms with van der Waals surface area (Å²) in [6.45, 7) is 0.609. The van der Waals surface area contributed by atoms with Gasteiger partial charge in [-0.05, 0) is 43.9 Å². The van der Waals surface area contributed by atoms with Crippen LogP contribution in [0.5, 0.6) is 0 Å². The van der Waals surface area contributed by atoms with E-state index < -0.39 is 11.7 Å². The average molecular weight is 448 g/mol. The van der Waals surface area contributed by atoms with Gasteiger partial charge in [0.05, 0.1) is 28.7 Å². The number of hydrogen-bond donors (Lipinski definition) is 2. The Bertz CT molecular complexity index is 976. The molecule has 0 atom stereocenters. The molecule has 1 heterocycles. The van der Waals surface area contributed by atoms with Gasteiger partial charge in [-0.3, -0.25) is 9.59 Å². The zero-order chi connectivity index (χ0) is 22.7. The number of halogens is 3. The average Bonchev–Trinajstić information content (AvgIpc) is 3.54. The van der Waals surface area contributed by atoms with Crippen LogP contribution in [0, 0.1) is 5.92 Å². The number of carbonyl (C=O) groups is 2. The van der Waals surface area contributed by atoms with Gasteiger partial charge in [0, 0.05) is 24.9 Å². The van der Waals surface area contributed by atoms with Crippen LogP contribution in [0.25, 0.3) is 5.69 Å². The van der Waals surface area contributed by atoms with Gasteiger partial charge in [0.2, 0.25) is 5.91 Å². The minimum atomic E-state index is -4.45. The Kier molecular flexibility index (Phi) is 6.53. The molecule has 2 aliphatic rings.